The lowest BCUT2D eigenvalue weighted by atomic mass is 10.2. The highest BCUT2D eigenvalue weighted by Gasteiger charge is 2.16. The smallest absolute Gasteiger partial charge is 0.216 e. The van der Waals surface area contributed by atoms with Crippen LogP contribution in [0.5, 0.6) is 5.88 Å². The minimum Gasteiger partial charge on any atom is -0.481 e. The molecule has 1 aromatic heterocycles. The molecule has 0 aliphatic carbocycles. The first-order valence-electron chi connectivity index (χ1n) is 5.89. The van der Waals surface area contributed by atoms with Gasteiger partial charge in [-0.05, 0) is 6.92 Å². The van der Waals surface area contributed by atoms with Crippen molar-refractivity contribution in [1.29, 1.82) is 0 Å². The van der Waals surface area contributed by atoms with E-state index in [0.717, 1.165) is 6.07 Å². The molecule has 4 nitrogen and oxygen atoms in total. The molecular formula is C13H14F3N3O. The van der Waals surface area contributed by atoms with E-state index in [9.17, 15) is 13.2 Å². The third kappa shape index (κ3) is 2.56. The van der Waals surface area contributed by atoms with Crippen LogP contribution < -0.4 is 10.1 Å². The summed E-state index contributed by atoms with van der Waals surface area (Å²) in [6, 6.07) is 1.40. The van der Waals surface area contributed by atoms with Gasteiger partial charge in [-0.1, -0.05) is 0 Å². The van der Waals surface area contributed by atoms with Crippen LogP contribution in [0.3, 0.4) is 0 Å². The standard InChI is InChI=1S/C13H14F3N3O/c1-7-9(13(20-3)19(2)18-7)6-17-11-5-8(14)4-10(15)12(11)16/h4-5,17H,6H2,1-3H3. The van der Waals surface area contributed by atoms with E-state index in [1.54, 1.807) is 14.0 Å². The number of hydrogen-bond donors (Lipinski definition) is 1. The van der Waals surface area contributed by atoms with Crippen molar-refractivity contribution < 1.29 is 17.9 Å². The Morgan fingerprint density at radius 2 is 2.00 bits per heavy atom. The third-order valence-corrected chi connectivity index (χ3v) is 2.93. The highest BCUT2D eigenvalue weighted by atomic mass is 19.2. The van der Waals surface area contributed by atoms with Gasteiger partial charge in [0.15, 0.2) is 11.6 Å². The minimum atomic E-state index is -1.23. The van der Waals surface area contributed by atoms with Gasteiger partial charge in [-0.25, -0.2) is 17.9 Å². The van der Waals surface area contributed by atoms with Crippen LogP contribution in [0.1, 0.15) is 11.3 Å². The lowest BCUT2D eigenvalue weighted by Gasteiger charge is -2.09. The summed E-state index contributed by atoms with van der Waals surface area (Å²) < 4.78 is 46.4. The van der Waals surface area contributed by atoms with E-state index in [0.29, 0.717) is 23.2 Å². The molecule has 1 aromatic carbocycles. The lowest BCUT2D eigenvalue weighted by Crippen LogP contribution is -2.05. The fourth-order valence-electron chi connectivity index (χ4n) is 2.01. The van der Waals surface area contributed by atoms with Gasteiger partial charge in [0.1, 0.15) is 5.82 Å². The number of rotatable bonds is 4. The molecule has 108 valence electrons. The Morgan fingerprint density at radius 1 is 1.30 bits per heavy atom. The van der Waals surface area contributed by atoms with Crippen molar-refractivity contribution in [3.8, 4) is 5.88 Å². The highest BCUT2D eigenvalue weighted by molar-refractivity contribution is 5.47. The number of halogens is 3. The summed E-state index contributed by atoms with van der Waals surface area (Å²) in [4.78, 5) is 0. The highest BCUT2D eigenvalue weighted by Crippen LogP contribution is 2.24. The average molecular weight is 285 g/mol. The molecule has 0 unspecified atom stereocenters. The first-order chi connectivity index (χ1) is 9.43. The molecule has 0 aliphatic heterocycles. The van der Waals surface area contributed by atoms with Crippen LogP contribution >= 0.6 is 0 Å². The van der Waals surface area contributed by atoms with E-state index >= 15 is 0 Å². The van der Waals surface area contributed by atoms with Gasteiger partial charge in [0, 0.05) is 25.7 Å². The summed E-state index contributed by atoms with van der Waals surface area (Å²) in [5.74, 6) is -2.69. The Bertz CT molecular complexity index is 640. The van der Waals surface area contributed by atoms with Crippen LogP contribution in [-0.4, -0.2) is 16.9 Å². The van der Waals surface area contributed by atoms with Crippen molar-refractivity contribution in [3.05, 3.63) is 40.8 Å². The molecule has 2 rings (SSSR count). The molecule has 0 saturated heterocycles. The molecule has 0 bridgehead atoms. The SMILES string of the molecule is COc1c(CNc2cc(F)cc(F)c2F)c(C)nn1C. The van der Waals surface area contributed by atoms with Crippen molar-refractivity contribution in [2.45, 2.75) is 13.5 Å². The van der Waals surface area contributed by atoms with Gasteiger partial charge < -0.3 is 10.1 Å². The maximum Gasteiger partial charge on any atom is 0.216 e. The van der Waals surface area contributed by atoms with Gasteiger partial charge in [0.05, 0.1) is 24.1 Å². The number of hydrogen-bond acceptors (Lipinski definition) is 3. The number of aromatic nitrogens is 2. The summed E-state index contributed by atoms with van der Waals surface area (Å²) in [5.41, 5.74) is 1.14. The van der Waals surface area contributed by atoms with Gasteiger partial charge in [-0.3, -0.25) is 0 Å². The van der Waals surface area contributed by atoms with Crippen molar-refractivity contribution >= 4 is 5.69 Å². The zero-order valence-electron chi connectivity index (χ0n) is 11.3. The molecule has 7 heteroatoms. The number of benzene rings is 1. The van der Waals surface area contributed by atoms with Crippen molar-refractivity contribution in [2.75, 3.05) is 12.4 Å². The Labute approximate surface area is 114 Å². The summed E-state index contributed by atoms with van der Waals surface area (Å²) in [5, 5.41) is 6.81. The normalized spacial score (nSPS) is 10.7. The van der Waals surface area contributed by atoms with Gasteiger partial charge in [-0.2, -0.15) is 5.10 Å². The number of aryl methyl sites for hydroxylation is 2. The van der Waals surface area contributed by atoms with Crippen LogP contribution in [0.2, 0.25) is 0 Å². The average Bonchev–Trinajstić information content (AvgIpc) is 2.65. The fraction of sp³-hybridized carbons (Fsp3) is 0.308. The molecule has 0 radical (unpaired) electrons. The number of methoxy groups -OCH3 is 1. The van der Waals surface area contributed by atoms with E-state index in [4.69, 9.17) is 4.74 Å². The third-order valence-electron chi connectivity index (χ3n) is 2.93. The molecule has 0 saturated carbocycles. The summed E-state index contributed by atoms with van der Waals surface area (Å²) in [6.07, 6.45) is 0. The fourth-order valence-corrected chi connectivity index (χ4v) is 2.01. The Morgan fingerprint density at radius 3 is 2.65 bits per heavy atom. The summed E-state index contributed by atoms with van der Waals surface area (Å²) >= 11 is 0. The summed E-state index contributed by atoms with van der Waals surface area (Å²) in [6.45, 7) is 1.91. The summed E-state index contributed by atoms with van der Waals surface area (Å²) in [7, 11) is 3.19. The maximum atomic E-state index is 13.5. The topological polar surface area (TPSA) is 39.1 Å². The lowest BCUT2D eigenvalue weighted by molar-refractivity contribution is 0.369. The van der Waals surface area contributed by atoms with Gasteiger partial charge in [-0.15, -0.1) is 0 Å². The second kappa shape index (κ2) is 5.44. The van der Waals surface area contributed by atoms with Gasteiger partial charge in [0.25, 0.3) is 0 Å². The largest absolute Gasteiger partial charge is 0.481 e. The molecular weight excluding hydrogens is 271 g/mol. The molecule has 1 heterocycles. The molecule has 0 fully saturated rings. The molecule has 0 atom stereocenters. The van der Waals surface area contributed by atoms with Crippen molar-refractivity contribution in [3.63, 3.8) is 0 Å². The maximum absolute atomic E-state index is 13.5. The number of nitrogens with one attached hydrogen (secondary N) is 1. The van der Waals surface area contributed by atoms with E-state index in [2.05, 4.69) is 10.4 Å². The molecule has 20 heavy (non-hydrogen) atoms. The predicted octanol–water partition coefficient (Wildman–Crippen LogP) is 2.77. The first-order valence-corrected chi connectivity index (χ1v) is 5.89. The monoisotopic (exact) mass is 285 g/mol. The zero-order chi connectivity index (χ0) is 14.9. The van der Waals surface area contributed by atoms with E-state index < -0.39 is 17.5 Å². The van der Waals surface area contributed by atoms with E-state index in [1.165, 1.54) is 11.8 Å². The van der Waals surface area contributed by atoms with Crippen LogP contribution in [0.15, 0.2) is 12.1 Å². The minimum absolute atomic E-state index is 0.142. The van der Waals surface area contributed by atoms with E-state index in [1.807, 2.05) is 0 Å². The van der Waals surface area contributed by atoms with Crippen LogP contribution in [0, 0.1) is 24.4 Å². The molecule has 1 N–H and O–H groups in total. The number of anilines is 1. The van der Waals surface area contributed by atoms with Crippen molar-refractivity contribution in [2.24, 2.45) is 7.05 Å². The Balaban J connectivity index is 2.25. The number of nitrogens with zero attached hydrogens (tertiary/aromatic N) is 2. The molecule has 2 aromatic rings. The molecule has 0 aliphatic rings. The molecule has 0 spiro atoms. The van der Waals surface area contributed by atoms with Crippen LogP contribution in [0.25, 0.3) is 0 Å². The van der Waals surface area contributed by atoms with Crippen LogP contribution in [0.4, 0.5) is 18.9 Å². The molecule has 0 amide bonds. The predicted molar refractivity (Wildman–Crippen MR) is 68.1 cm³/mol. The Kier molecular flexibility index (Phi) is 3.87. The van der Waals surface area contributed by atoms with Crippen LogP contribution in [-0.2, 0) is 13.6 Å². The van der Waals surface area contributed by atoms with E-state index in [-0.39, 0.29) is 12.2 Å². The second-order valence-electron chi connectivity index (χ2n) is 4.30. The first kappa shape index (κ1) is 14.2. The second-order valence-corrected chi connectivity index (χ2v) is 4.30. The Hall–Kier alpha value is -2.18. The zero-order valence-corrected chi connectivity index (χ0v) is 11.3. The van der Waals surface area contributed by atoms with Gasteiger partial charge >= 0.3 is 0 Å². The number of ether oxygens (including phenoxy) is 1. The van der Waals surface area contributed by atoms with Gasteiger partial charge in [0.2, 0.25) is 5.88 Å². The quantitative estimate of drug-likeness (QED) is 0.878. The van der Waals surface area contributed by atoms with Crippen molar-refractivity contribution in [1.82, 2.24) is 9.78 Å².